The van der Waals surface area contributed by atoms with Gasteiger partial charge in [0.25, 0.3) is 5.91 Å². The highest BCUT2D eigenvalue weighted by Crippen LogP contribution is 2.22. The van der Waals surface area contributed by atoms with Gasteiger partial charge in [0.15, 0.2) is 0 Å². The Morgan fingerprint density at radius 3 is 3.14 bits per heavy atom. The van der Waals surface area contributed by atoms with Gasteiger partial charge < -0.3 is 10.1 Å². The molecule has 4 heteroatoms. The van der Waals surface area contributed by atoms with Gasteiger partial charge in [-0.05, 0) is 26.0 Å². The number of nitrogens with zero attached hydrogens (tertiary/aromatic N) is 1. The summed E-state index contributed by atoms with van der Waals surface area (Å²) in [6.45, 7) is 4.32. The number of pyridine rings is 1. The van der Waals surface area contributed by atoms with Crippen LogP contribution < -0.4 is 10.1 Å². The van der Waals surface area contributed by atoms with Crippen LogP contribution in [0.4, 0.5) is 0 Å². The Kier molecular flexibility index (Phi) is 1.91. The molecule has 0 saturated heterocycles. The Balaban J connectivity index is 2.46. The lowest BCUT2D eigenvalue weighted by Gasteiger charge is -2.22. The van der Waals surface area contributed by atoms with E-state index in [0.717, 1.165) is 0 Å². The van der Waals surface area contributed by atoms with Crippen molar-refractivity contribution in [1.82, 2.24) is 10.3 Å². The van der Waals surface area contributed by atoms with Crippen LogP contribution in [-0.2, 0) is 0 Å². The molecule has 1 N–H and O–H groups in total. The third kappa shape index (κ3) is 1.55. The van der Waals surface area contributed by atoms with Crippen molar-refractivity contribution < 1.29 is 9.53 Å². The zero-order valence-electron chi connectivity index (χ0n) is 8.20. The van der Waals surface area contributed by atoms with Gasteiger partial charge in [-0.15, -0.1) is 0 Å². The average Bonchev–Trinajstić information content (AvgIpc) is 2.25. The van der Waals surface area contributed by atoms with Crippen LogP contribution in [0, 0.1) is 0 Å². The molecule has 14 heavy (non-hydrogen) atoms. The number of amides is 1. The highest BCUT2D eigenvalue weighted by Gasteiger charge is 2.28. The number of carbonyl (C=O) groups is 1. The molecule has 0 fully saturated rings. The fourth-order valence-electron chi connectivity index (χ4n) is 1.33. The van der Waals surface area contributed by atoms with E-state index >= 15 is 0 Å². The largest absolute Gasteiger partial charge is 0.469 e. The van der Waals surface area contributed by atoms with E-state index in [1.807, 2.05) is 13.8 Å². The summed E-state index contributed by atoms with van der Waals surface area (Å²) < 4.78 is 5.62. The smallest absolute Gasteiger partial charge is 0.256 e. The van der Waals surface area contributed by atoms with Gasteiger partial charge in [-0.3, -0.25) is 4.79 Å². The van der Waals surface area contributed by atoms with Crippen LogP contribution in [0.5, 0.6) is 5.88 Å². The Morgan fingerprint density at radius 2 is 2.36 bits per heavy atom. The van der Waals surface area contributed by atoms with Crippen molar-refractivity contribution in [3.05, 3.63) is 23.9 Å². The molecule has 2 rings (SSSR count). The number of nitrogens with one attached hydrogen (secondary N) is 1. The van der Waals surface area contributed by atoms with Crippen LogP contribution in [0.3, 0.4) is 0 Å². The second-order valence-electron chi connectivity index (χ2n) is 3.90. The lowest BCUT2D eigenvalue weighted by Crippen LogP contribution is -2.39. The number of hydrogen-bond donors (Lipinski definition) is 1. The fraction of sp³-hybridized carbons (Fsp3) is 0.400. The van der Waals surface area contributed by atoms with Gasteiger partial charge in [-0.25, -0.2) is 4.98 Å². The molecule has 1 aliphatic heterocycles. The second-order valence-corrected chi connectivity index (χ2v) is 3.90. The van der Waals surface area contributed by atoms with Crippen LogP contribution in [0.2, 0.25) is 0 Å². The number of aromatic nitrogens is 1. The Bertz CT molecular complexity index is 374. The molecule has 1 amide bonds. The van der Waals surface area contributed by atoms with Gasteiger partial charge >= 0.3 is 0 Å². The third-order valence-electron chi connectivity index (χ3n) is 2.06. The maximum Gasteiger partial charge on any atom is 0.256 e. The summed E-state index contributed by atoms with van der Waals surface area (Å²) in [7, 11) is 0. The van der Waals surface area contributed by atoms with Crippen molar-refractivity contribution in [3.63, 3.8) is 0 Å². The lowest BCUT2D eigenvalue weighted by molar-refractivity contribution is 0.0899. The Labute approximate surface area is 82.3 Å². The molecular formula is C10H12N2O2. The normalized spacial score (nSPS) is 18.9. The Morgan fingerprint density at radius 1 is 1.57 bits per heavy atom. The van der Waals surface area contributed by atoms with E-state index in [1.54, 1.807) is 18.3 Å². The summed E-state index contributed by atoms with van der Waals surface area (Å²) in [4.78, 5) is 15.6. The molecule has 0 aliphatic carbocycles. The average molecular weight is 192 g/mol. The number of carbonyl (C=O) groups excluding carboxylic acids is 1. The van der Waals surface area contributed by atoms with E-state index in [-0.39, 0.29) is 5.91 Å². The van der Waals surface area contributed by atoms with E-state index in [4.69, 9.17) is 4.74 Å². The first-order valence-corrected chi connectivity index (χ1v) is 4.51. The van der Waals surface area contributed by atoms with Gasteiger partial charge in [-0.1, -0.05) is 0 Å². The highest BCUT2D eigenvalue weighted by atomic mass is 16.5. The van der Waals surface area contributed by atoms with Crippen molar-refractivity contribution in [3.8, 4) is 5.88 Å². The van der Waals surface area contributed by atoms with E-state index in [2.05, 4.69) is 10.3 Å². The van der Waals surface area contributed by atoms with Crippen molar-refractivity contribution in [2.24, 2.45) is 0 Å². The van der Waals surface area contributed by atoms with Crippen molar-refractivity contribution in [2.45, 2.75) is 19.4 Å². The van der Waals surface area contributed by atoms with Crippen LogP contribution in [0.15, 0.2) is 18.3 Å². The van der Waals surface area contributed by atoms with Crippen LogP contribution in [-0.4, -0.2) is 23.0 Å². The number of fused-ring (bicyclic) bond motifs is 1. The summed E-state index contributed by atoms with van der Waals surface area (Å²) >= 11 is 0. The highest BCUT2D eigenvalue weighted by molar-refractivity contribution is 5.96. The standard InChI is InChI=1S/C10H12N2O2/c1-10(2)6-12-8(13)7-4-3-5-11-9(7)14-10/h3-5H,6H2,1-2H3,(H,12,13). The van der Waals surface area contributed by atoms with Gasteiger partial charge in [0.1, 0.15) is 11.2 Å². The SMILES string of the molecule is CC1(C)CNC(=O)c2cccnc2O1. The molecule has 74 valence electrons. The predicted octanol–water partition coefficient (Wildman–Crippen LogP) is 0.982. The van der Waals surface area contributed by atoms with Crippen molar-refractivity contribution >= 4 is 5.91 Å². The molecule has 0 saturated carbocycles. The predicted molar refractivity (Wildman–Crippen MR) is 51.3 cm³/mol. The summed E-state index contributed by atoms with van der Waals surface area (Å²) in [5.74, 6) is 0.283. The maximum absolute atomic E-state index is 11.6. The molecule has 1 aliphatic rings. The Hall–Kier alpha value is -1.58. The van der Waals surface area contributed by atoms with Gasteiger partial charge in [0.2, 0.25) is 5.88 Å². The fourth-order valence-corrected chi connectivity index (χ4v) is 1.33. The van der Waals surface area contributed by atoms with E-state index < -0.39 is 5.60 Å². The van der Waals surface area contributed by atoms with E-state index in [0.29, 0.717) is 18.0 Å². The van der Waals surface area contributed by atoms with E-state index in [1.165, 1.54) is 0 Å². The third-order valence-corrected chi connectivity index (χ3v) is 2.06. The molecule has 0 radical (unpaired) electrons. The minimum atomic E-state index is -0.407. The lowest BCUT2D eigenvalue weighted by atomic mass is 10.1. The molecule has 1 aromatic heterocycles. The minimum Gasteiger partial charge on any atom is -0.469 e. The molecule has 4 nitrogen and oxygen atoms in total. The van der Waals surface area contributed by atoms with Gasteiger partial charge in [0.05, 0.1) is 6.54 Å². The molecule has 0 bridgehead atoms. The number of ether oxygens (including phenoxy) is 1. The summed E-state index contributed by atoms with van der Waals surface area (Å²) in [6, 6.07) is 3.43. The van der Waals surface area contributed by atoms with Gasteiger partial charge in [-0.2, -0.15) is 0 Å². The summed E-state index contributed by atoms with van der Waals surface area (Å²) in [5.41, 5.74) is 0.0907. The molecule has 1 aromatic rings. The minimum absolute atomic E-state index is 0.126. The first-order chi connectivity index (χ1) is 6.58. The second kappa shape index (κ2) is 2.97. The van der Waals surface area contributed by atoms with Crippen molar-refractivity contribution in [2.75, 3.05) is 6.54 Å². The molecule has 0 unspecified atom stereocenters. The van der Waals surface area contributed by atoms with Crippen LogP contribution in [0.1, 0.15) is 24.2 Å². The zero-order chi connectivity index (χ0) is 10.2. The van der Waals surface area contributed by atoms with Crippen LogP contribution in [0.25, 0.3) is 0 Å². The molecule has 0 spiro atoms. The zero-order valence-corrected chi connectivity index (χ0v) is 8.20. The monoisotopic (exact) mass is 192 g/mol. The molecule has 0 aromatic carbocycles. The summed E-state index contributed by atoms with van der Waals surface area (Å²) in [5, 5.41) is 2.79. The maximum atomic E-state index is 11.6. The van der Waals surface area contributed by atoms with Crippen LogP contribution >= 0.6 is 0 Å². The van der Waals surface area contributed by atoms with Gasteiger partial charge in [0, 0.05) is 6.20 Å². The number of hydrogen-bond acceptors (Lipinski definition) is 3. The molecular weight excluding hydrogens is 180 g/mol. The molecule has 2 heterocycles. The van der Waals surface area contributed by atoms with E-state index in [9.17, 15) is 4.79 Å². The topological polar surface area (TPSA) is 51.2 Å². The number of rotatable bonds is 0. The first kappa shape index (κ1) is 8.99. The molecule has 0 atom stereocenters. The first-order valence-electron chi connectivity index (χ1n) is 4.51. The quantitative estimate of drug-likeness (QED) is 0.666. The summed E-state index contributed by atoms with van der Waals surface area (Å²) in [6.07, 6.45) is 1.62. The van der Waals surface area contributed by atoms with Crippen molar-refractivity contribution in [1.29, 1.82) is 0 Å².